The average Bonchev–Trinajstić information content (AvgIpc) is 1.64. The van der Waals surface area contributed by atoms with Crippen LogP contribution in [0.1, 0.15) is 137 Å². The zero-order valence-electron chi connectivity index (χ0n) is 80.5. The molecule has 14 aromatic rings. The van der Waals surface area contributed by atoms with Crippen LogP contribution in [0.4, 0.5) is 21.7 Å². The molecule has 0 saturated carbocycles. The first-order valence-corrected chi connectivity index (χ1v) is 49.6. The molecular formula is C112H118BrCl3FN14O7S+. The first-order valence-electron chi connectivity index (χ1n) is 46.6. The van der Waals surface area contributed by atoms with Gasteiger partial charge in [0.05, 0.1) is 57.4 Å². The molecule has 2 atom stereocenters. The van der Waals surface area contributed by atoms with Gasteiger partial charge in [-0.2, -0.15) is 0 Å². The molecule has 5 aromatic heterocycles. The number of carbonyl (C=O) groups excluding carboxylic acids is 1. The topological polar surface area (TPSA) is 253 Å². The Labute approximate surface area is 838 Å². The number of ether oxygens (including phenoxy) is 1. The number of phenolic OH excluding ortho intramolecular Hbond substituents is 1. The number of aliphatic imine (C=N–C) groups is 1. The molecule has 2 saturated heterocycles. The van der Waals surface area contributed by atoms with Gasteiger partial charge in [-0.3, -0.25) is 29.9 Å². The number of aryl methyl sites for hydroxylation is 4. The molecule has 139 heavy (non-hydrogen) atoms. The van der Waals surface area contributed by atoms with Crippen LogP contribution in [0.2, 0.25) is 15.1 Å². The van der Waals surface area contributed by atoms with Gasteiger partial charge in [-0.15, -0.1) is 11.8 Å². The number of aliphatic hydroxyl groups excluding tert-OH is 1. The third kappa shape index (κ3) is 24.5. The van der Waals surface area contributed by atoms with Crippen molar-refractivity contribution in [3.8, 4) is 5.75 Å². The Balaban J connectivity index is 0.000000134. The van der Waals surface area contributed by atoms with E-state index in [0.29, 0.717) is 53.2 Å². The number of nitrogens with one attached hydrogen (secondary N) is 3. The summed E-state index contributed by atoms with van der Waals surface area (Å²) in [6.45, 7) is 24.8. The molecule has 4 aliphatic heterocycles. The molecule has 1 aliphatic carbocycles. The minimum atomic E-state index is -1.36. The lowest BCUT2D eigenvalue weighted by atomic mass is 10.0. The quantitative estimate of drug-likeness (QED) is 0.0350. The number of carboxylic acids is 1. The van der Waals surface area contributed by atoms with Gasteiger partial charge in [0.1, 0.15) is 47.9 Å². The molecule has 9 heterocycles. The summed E-state index contributed by atoms with van der Waals surface area (Å²) in [6, 6.07) is 60.3. The summed E-state index contributed by atoms with van der Waals surface area (Å²) >= 11 is 23.4. The zero-order chi connectivity index (χ0) is 99.0. The van der Waals surface area contributed by atoms with Crippen LogP contribution >= 0.6 is 62.5 Å². The molecule has 0 bridgehead atoms. The molecule has 5 aliphatic rings. The Morgan fingerprint density at radius 3 is 2.08 bits per heavy atom. The number of phenols is 1. The number of hydrogen-bond acceptors (Lipinski definition) is 15. The number of aromatic amines is 1. The highest BCUT2D eigenvalue weighted by Gasteiger charge is 2.35. The van der Waals surface area contributed by atoms with E-state index in [1.165, 1.54) is 123 Å². The van der Waals surface area contributed by atoms with Gasteiger partial charge in [-0.25, -0.2) is 23.8 Å². The Hall–Kier alpha value is -12.9. The number of allylic oxidation sites excluding steroid dienone is 10. The number of hydrogen-bond donors (Lipinski definition) is 7. The monoisotopic (exact) mass is 2010 g/mol. The molecule has 0 radical (unpaired) electrons. The third-order valence-electron chi connectivity index (χ3n) is 25.3. The number of nitrogen functional groups attached to an aromatic ring is 1. The summed E-state index contributed by atoms with van der Waals surface area (Å²) in [5.74, 6) is 0.454. The van der Waals surface area contributed by atoms with E-state index >= 15 is 0 Å². The lowest BCUT2D eigenvalue weighted by Gasteiger charge is -2.27. The summed E-state index contributed by atoms with van der Waals surface area (Å²) in [7, 11) is 8.16. The smallest absolute Gasteiger partial charge is 0.341 e. The van der Waals surface area contributed by atoms with Crippen molar-refractivity contribution >= 4 is 170 Å². The van der Waals surface area contributed by atoms with Gasteiger partial charge in [0.15, 0.2) is 11.5 Å². The second kappa shape index (κ2) is 46.7. The number of thioether (sulfide) groups is 1. The number of aromatic hydroxyl groups is 1. The molecular weight excluding hydrogens is 1890 g/mol. The number of imidazole rings is 1. The number of benzene rings is 9. The molecule has 718 valence electrons. The average molecular weight is 2010 g/mol. The fourth-order valence-electron chi connectivity index (χ4n) is 17.7. The van der Waals surface area contributed by atoms with Crippen LogP contribution in [0.3, 0.4) is 0 Å². The number of anilines is 3. The highest BCUT2D eigenvalue weighted by molar-refractivity contribution is 9.10. The SMILES string of the molecule is CCC1=C(C)/C(=C\c2[nH]c(C)c(CC)c2C)N=C1C.CCn1cc(C(=O)O)c(=O)c2cc(F)c(NN3C(=O)CSC3c3ccccc3C)cc21.CN(C)c1ccc(C2=CC=CC(=C3C=CC(=[N+](C)C)C=C3)O2)cc1.Cc1ccc(Cn2c(N)nc3ccccc32)cc1Cl.OC(CNCc1ccccc1)Cn1c2ccc(Cl)cc2c2cc(Cl)ccc21.Oc1c(Br)cc(CN2CCCCC2)c2cccnc12. The molecule has 8 N–H and O–H groups in total. The first kappa shape index (κ1) is 102. The first-order chi connectivity index (χ1) is 66.9. The molecule has 21 nitrogen and oxygen atoms in total. The number of piperidine rings is 1. The maximum Gasteiger partial charge on any atom is 0.341 e. The van der Waals surface area contributed by atoms with Crippen LogP contribution in [-0.4, -0.2) is 141 Å². The van der Waals surface area contributed by atoms with Crippen molar-refractivity contribution in [1.82, 2.24) is 43.9 Å². The largest absolute Gasteiger partial charge is 0.505 e. The third-order valence-corrected chi connectivity index (χ3v) is 28.0. The fraction of sp³-hybridized carbons (Fsp3) is 0.259. The number of aromatic carboxylic acids is 1. The number of nitrogens with two attached hydrogens (primary N) is 1. The van der Waals surface area contributed by atoms with Gasteiger partial charge in [0, 0.05) is 146 Å². The van der Waals surface area contributed by atoms with Gasteiger partial charge in [0.2, 0.25) is 11.4 Å². The van der Waals surface area contributed by atoms with Crippen molar-refractivity contribution in [2.45, 2.75) is 139 Å². The molecule has 9 aromatic carbocycles. The molecule has 1 amide bonds. The van der Waals surface area contributed by atoms with Gasteiger partial charge in [0.25, 0.3) is 5.91 Å². The predicted octanol–water partition coefficient (Wildman–Crippen LogP) is 24.8. The van der Waals surface area contributed by atoms with Crippen LogP contribution in [0.15, 0.2) is 285 Å². The number of aliphatic hydroxyl groups is 1. The summed E-state index contributed by atoms with van der Waals surface area (Å²) in [4.78, 5) is 57.9. The number of amides is 1. The standard InChI is InChI=1S/C22H20Cl2N2O.C22H20FN3O4S.C21H23N2O.C17H24N2.C15H17BrN2O.C15H14ClN3/c23-16-6-8-21-19(10-16)20-11-17(24)7-9-22(20)26(21)14-18(27)13-25-12-15-4-2-1-3-5-15;1-3-25-10-15(22(29)30)20(28)14-8-16(23)17(9-18(14)25)24-26-19(27)11-31-21(26)13-7-5-4-6-12(13)2;1-22(2)18-12-8-16(9-13-18)20-6-5-7-21(24-20)17-10-14-19(15-11-17)23(3)4;1-7-14-10(3)16(18-12(14)5)9-17-11(4)15(8-2)13(6)19-17;16-13-9-11(10-18-7-2-1-3-8-18)12-5-4-6-17-14(12)15(13)19;1-10-6-7-11(8-12(10)16)9-19-14-5-3-2-4-13(14)18-15(19)17/h1-11,18,25,27H,12-14H2;4-10,21,24H,3,11H2,1-2H3,(H,29,30);5-15H,1-4H3;9,18H,7-8H2,1-6H3;4-6,9,19H,1-3,7-8,10H2;2-8H,9H2,1H3,(H2,17,18)/q;;+1;;;/b;;;17-9+;;. The normalized spacial score (nSPS) is 15.1. The van der Waals surface area contributed by atoms with Crippen LogP contribution in [0, 0.1) is 33.5 Å². The van der Waals surface area contributed by atoms with Gasteiger partial charge in [-0.05, 0) is 292 Å². The Morgan fingerprint density at radius 1 is 0.741 bits per heavy atom. The van der Waals surface area contributed by atoms with E-state index in [-0.39, 0.29) is 33.9 Å². The van der Waals surface area contributed by atoms with E-state index in [4.69, 9.17) is 50.3 Å². The Kier molecular flexibility index (Phi) is 34.3. The van der Waals surface area contributed by atoms with Crippen LogP contribution in [-0.2, 0) is 48.7 Å². The van der Waals surface area contributed by atoms with Crippen molar-refractivity contribution in [3.05, 3.63) is 374 Å². The van der Waals surface area contributed by atoms with Gasteiger partial charge >= 0.3 is 5.97 Å². The number of aromatic nitrogens is 6. The number of fused-ring (bicyclic) bond motifs is 6. The Bertz CT molecular complexity index is 7220. The van der Waals surface area contributed by atoms with E-state index in [1.807, 2.05) is 198 Å². The van der Waals surface area contributed by atoms with Crippen molar-refractivity contribution < 1.29 is 38.6 Å². The summed E-state index contributed by atoms with van der Waals surface area (Å²) in [6.07, 6.45) is 25.1. The van der Waals surface area contributed by atoms with Crippen molar-refractivity contribution in [3.63, 3.8) is 0 Å². The van der Waals surface area contributed by atoms with E-state index in [1.54, 1.807) is 17.7 Å². The molecule has 0 spiro atoms. The van der Waals surface area contributed by atoms with E-state index in [0.717, 1.165) is 130 Å². The summed E-state index contributed by atoms with van der Waals surface area (Å²) in [5.41, 5.74) is 34.2. The minimum Gasteiger partial charge on any atom is -0.505 e. The molecule has 19 rings (SSSR count). The number of nitrogens with zero attached hydrogens (tertiary/aromatic N) is 10. The molecule has 27 heteroatoms. The maximum absolute atomic E-state index is 15.0. The summed E-state index contributed by atoms with van der Waals surface area (Å²) in [5, 5.41) is 39.6. The lowest BCUT2D eigenvalue weighted by molar-refractivity contribution is -0.462. The number of carbonyl (C=O) groups is 2. The Morgan fingerprint density at radius 2 is 1.43 bits per heavy atom. The van der Waals surface area contributed by atoms with Gasteiger partial charge < -0.3 is 54.7 Å². The van der Waals surface area contributed by atoms with Crippen molar-refractivity contribution in [1.29, 1.82) is 0 Å². The van der Waals surface area contributed by atoms with E-state index in [9.17, 15) is 34.1 Å². The van der Waals surface area contributed by atoms with Crippen LogP contribution < -0.4 is 26.8 Å². The number of hydrazine groups is 1. The minimum absolute atomic E-state index is 0.0256. The fourth-order valence-corrected chi connectivity index (χ4v) is 19.9. The number of H-pyrrole nitrogens is 1. The second-order valence-corrected chi connectivity index (χ2v) is 38.4. The number of rotatable bonds is 20. The number of likely N-dealkylation sites (tertiary alicyclic amines) is 1. The van der Waals surface area contributed by atoms with Crippen molar-refractivity contribution in [2.75, 3.05) is 69.6 Å². The highest BCUT2D eigenvalue weighted by atomic mass is 79.9. The van der Waals surface area contributed by atoms with Gasteiger partial charge in [-0.1, -0.05) is 146 Å². The lowest BCUT2D eigenvalue weighted by Crippen LogP contribution is -2.34. The van der Waals surface area contributed by atoms with E-state index < -0.39 is 28.9 Å². The van der Waals surface area contributed by atoms with Crippen LogP contribution in [0.25, 0.3) is 66.5 Å². The van der Waals surface area contributed by atoms with Crippen LogP contribution in [0.5, 0.6) is 5.75 Å². The second-order valence-electron chi connectivity index (χ2n) is 35.2. The van der Waals surface area contributed by atoms with E-state index in [2.05, 4.69) is 175 Å². The number of para-hydroxylation sites is 2. The number of halogens is 5. The maximum atomic E-state index is 15.0. The molecule has 2 unspecified atom stereocenters. The number of carboxylic acid groups (broad SMARTS) is 1. The zero-order valence-corrected chi connectivity index (χ0v) is 85.2. The summed E-state index contributed by atoms with van der Waals surface area (Å²) < 4.78 is 29.6. The predicted molar refractivity (Wildman–Crippen MR) is 576 cm³/mol. The highest BCUT2D eigenvalue weighted by Crippen LogP contribution is 2.42. The van der Waals surface area contributed by atoms with Crippen molar-refractivity contribution in [2.24, 2.45) is 4.99 Å². The molecule has 2 fully saturated rings. The number of pyridine rings is 2.